The van der Waals surface area contributed by atoms with Gasteiger partial charge < -0.3 is 10.1 Å². The molecule has 0 atom stereocenters. The number of anilines is 1. The maximum absolute atomic E-state index is 12.1. The van der Waals surface area contributed by atoms with E-state index < -0.39 is 0 Å². The number of hydrogen-bond acceptors (Lipinski definition) is 2. The smallest absolute Gasteiger partial charge is 0.248 e. The summed E-state index contributed by atoms with van der Waals surface area (Å²) in [6.07, 6.45) is 5.34. The van der Waals surface area contributed by atoms with Gasteiger partial charge in [-0.1, -0.05) is 49.2 Å². The summed E-state index contributed by atoms with van der Waals surface area (Å²) in [6, 6.07) is 13.1. The highest BCUT2D eigenvalue weighted by molar-refractivity contribution is 6.31. The van der Waals surface area contributed by atoms with Gasteiger partial charge in [0.25, 0.3) is 0 Å². The highest BCUT2D eigenvalue weighted by atomic mass is 35.5. The number of nitrogens with one attached hydrogen (secondary N) is 1. The van der Waals surface area contributed by atoms with Crippen LogP contribution in [0.3, 0.4) is 0 Å². The lowest BCUT2D eigenvalue weighted by Crippen LogP contribution is -2.07. The molecule has 1 amide bonds. The number of benzene rings is 2. The van der Waals surface area contributed by atoms with E-state index in [4.69, 9.17) is 16.3 Å². The van der Waals surface area contributed by atoms with Crippen molar-refractivity contribution in [2.45, 2.75) is 26.7 Å². The number of para-hydroxylation sites is 1. The number of halogens is 1. The van der Waals surface area contributed by atoms with E-state index in [0.29, 0.717) is 17.3 Å². The van der Waals surface area contributed by atoms with Gasteiger partial charge in [-0.3, -0.25) is 4.79 Å². The minimum absolute atomic E-state index is 0.210. The Balaban J connectivity index is 2.01. The van der Waals surface area contributed by atoms with E-state index in [-0.39, 0.29) is 5.91 Å². The summed E-state index contributed by atoms with van der Waals surface area (Å²) in [7, 11) is 0. The van der Waals surface area contributed by atoms with Gasteiger partial charge in [-0.2, -0.15) is 0 Å². The molecule has 0 radical (unpaired) electrons. The number of hydrogen-bond donors (Lipinski definition) is 1. The predicted octanol–water partition coefficient (Wildman–Crippen LogP) is 5.48. The van der Waals surface area contributed by atoms with Crippen molar-refractivity contribution in [1.29, 1.82) is 0 Å². The monoisotopic (exact) mass is 343 g/mol. The molecular weight excluding hydrogens is 322 g/mol. The standard InChI is InChI=1S/C20H22ClNO2/c1-3-4-13-24-19-8-6-5-7-16(19)10-12-20(23)22-17-11-9-15(2)18(21)14-17/h5-12,14H,3-4,13H2,1-2H3,(H,22,23). The van der Waals surface area contributed by atoms with Crippen molar-refractivity contribution in [2.75, 3.05) is 11.9 Å². The van der Waals surface area contributed by atoms with E-state index in [0.717, 1.165) is 29.7 Å². The largest absolute Gasteiger partial charge is 0.493 e. The van der Waals surface area contributed by atoms with Crippen molar-refractivity contribution < 1.29 is 9.53 Å². The van der Waals surface area contributed by atoms with E-state index in [1.807, 2.05) is 43.3 Å². The number of carbonyl (C=O) groups excluding carboxylic acids is 1. The molecule has 0 aliphatic rings. The SMILES string of the molecule is CCCCOc1ccccc1C=CC(=O)Nc1ccc(C)c(Cl)c1. The molecule has 0 aliphatic carbocycles. The summed E-state index contributed by atoms with van der Waals surface area (Å²) in [4.78, 5) is 12.1. The van der Waals surface area contributed by atoms with Crippen LogP contribution in [0.1, 0.15) is 30.9 Å². The van der Waals surface area contributed by atoms with Crippen LogP contribution in [-0.2, 0) is 4.79 Å². The number of rotatable bonds is 7. The Morgan fingerprint density at radius 3 is 2.79 bits per heavy atom. The van der Waals surface area contributed by atoms with Gasteiger partial charge in [-0.25, -0.2) is 0 Å². The van der Waals surface area contributed by atoms with Crippen LogP contribution in [0.4, 0.5) is 5.69 Å². The van der Waals surface area contributed by atoms with Gasteiger partial charge in [0.15, 0.2) is 0 Å². The molecule has 2 aromatic carbocycles. The fourth-order valence-corrected chi connectivity index (χ4v) is 2.28. The van der Waals surface area contributed by atoms with Crippen molar-refractivity contribution in [3.8, 4) is 5.75 Å². The molecule has 0 aliphatic heterocycles. The van der Waals surface area contributed by atoms with Crippen LogP contribution in [0.2, 0.25) is 5.02 Å². The van der Waals surface area contributed by atoms with Gasteiger partial charge in [0.2, 0.25) is 5.91 Å². The Morgan fingerprint density at radius 2 is 2.04 bits per heavy atom. The van der Waals surface area contributed by atoms with Crippen molar-refractivity contribution in [1.82, 2.24) is 0 Å². The van der Waals surface area contributed by atoms with E-state index in [1.54, 1.807) is 12.1 Å². The Bertz CT molecular complexity index is 725. The molecule has 0 spiro atoms. The zero-order chi connectivity index (χ0) is 17.4. The topological polar surface area (TPSA) is 38.3 Å². The van der Waals surface area contributed by atoms with Crippen LogP contribution in [0, 0.1) is 6.92 Å². The Morgan fingerprint density at radius 1 is 1.25 bits per heavy atom. The zero-order valence-electron chi connectivity index (χ0n) is 14.0. The van der Waals surface area contributed by atoms with E-state index in [2.05, 4.69) is 12.2 Å². The minimum atomic E-state index is -0.210. The Kier molecular flexibility index (Phi) is 6.89. The number of aryl methyl sites for hydroxylation is 1. The molecule has 3 nitrogen and oxygen atoms in total. The van der Waals surface area contributed by atoms with Crippen molar-refractivity contribution in [3.05, 3.63) is 64.7 Å². The molecular formula is C20H22ClNO2. The molecule has 0 unspecified atom stereocenters. The van der Waals surface area contributed by atoms with Crippen LogP contribution in [0.25, 0.3) is 6.08 Å². The molecule has 0 bridgehead atoms. The minimum Gasteiger partial charge on any atom is -0.493 e. The number of ether oxygens (including phenoxy) is 1. The molecule has 2 aromatic rings. The van der Waals surface area contributed by atoms with Gasteiger partial charge >= 0.3 is 0 Å². The van der Waals surface area contributed by atoms with E-state index >= 15 is 0 Å². The third-order valence-corrected chi connectivity index (χ3v) is 3.94. The fraction of sp³-hybridized carbons (Fsp3) is 0.250. The van der Waals surface area contributed by atoms with Crippen LogP contribution in [0.15, 0.2) is 48.5 Å². The second-order valence-corrected chi connectivity index (χ2v) is 5.93. The van der Waals surface area contributed by atoms with E-state index in [9.17, 15) is 4.79 Å². The van der Waals surface area contributed by atoms with Crippen LogP contribution >= 0.6 is 11.6 Å². The molecule has 1 N–H and O–H groups in total. The third-order valence-electron chi connectivity index (χ3n) is 3.53. The van der Waals surface area contributed by atoms with Crippen LogP contribution < -0.4 is 10.1 Å². The summed E-state index contributed by atoms with van der Waals surface area (Å²) in [5.41, 5.74) is 2.53. The Hall–Kier alpha value is -2.26. The van der Waals surface area contributed by atoms with Gasteiger partial charge in [-0.05, 0) is 43.2 Å². The van der Waals surface area contributed by atoms with Crippen LogP contribution in [0.5, 0.6) is 5.75 Å². The zero-order valence-corrected chi connectivity index (χ0v) is 14.8. The molecule has 0 saturated heterocycles. The highest BCUT2D eigenvalue weighted by Gasteiger charge is 2.03. The summed E-state index contributed by atoms with van der Waals surface area (Å²) >= 11 is 6.07. The van der Waals surface area contributed by atoms with Gasteiger partial charge in [0.1, 0.15) is 5.75 Å². The van der Waals surface area contributed by atoms with E-state index in [1.165, 1.54) is 6.08 Å². The summed E-state index contributed by atoms with van der Waals surface area (Å²) < 4.78 is 5.76. The lowest BCUT2D eigenvalue weighted by Gasteiger charge is -2.08. The molecule has 2 rings (SSSR count). The quantitative estimate of drug-likeness (QED) is 0.534. The number of amides is 1. The first-order valence-corrected chi connectivity index (χ1v) is 8.45. The first-order chi connectivity index (χ1) is 11.6. The van der Waals surface area contributed by atoms with Crippen molar-refractivity contribution in [2.24, 2.45) is 0 Å². The molecule has 24 heavy (non-hydrogen) atoms. The van der Waals surface area contributed by atoms with Crippen molar-refractivity contribution in [3.63, 3.8) is 0 Å². The molecule has 0 heterocycles. The summed E-state index contributed by atoms with van der Waals surface area (Å²) in [6.45, 7) is 4.72. The lowest BCUT2D eigenvalue weighted by atomic mass is 10.2. The van der Waals surface area contributed by atoms with Crippen molar-refractivity contribution >= 4 is 29.3 Å². The van der Waals surface area contributed by atoms with Gasteiger partial charge in [0, 0.05) is 22.3 Å². The maximum Gasteiger partial charge on any atom is 0.248 e. The highest BCUT2D eigenvalue weighted by Crippen LogP contribution is 2.21. The second kappa shape index (κ2) is 9.14. The molecule has 4 heteroatoms. The van der Waals surface area contributed by atoms with Gasteiger partial charge in [-0.15, -0.1) is 0 Å². The average molecular weight is 344 g/mol. The van der Waals surface area contributed by atoms with Gasteiger partial charge in [0.05, 0.1) is 6.61 Å². The third kappa shape index (κ3) is 5.43. The molecule has 0 aromatic heterocycles. The first-order valence-electron chi connectivity index (χ1n) is 8.07. The lowest BCUT2D eigenvalue weighted by molar-refractivity contribution is -0.111. The predicted molar refractivity (Wildman–Crippen MR) is 101 cm³/mol. The van der Waals surface area contributed by atoms with Crippen LogP contribution in [-0.4, -0.2) is 12.5 Å². The molecule has 0 fully saturated rings. The fourth-order valence-electron chi connectivity index (χ4n) is 2.10. The maximum atomic E-state index is 12.1. The summed E-state index contributed by atoms with van der Waals surface area (Å²) in [5.74, 6) is 0.576. The average Bonchev–Trinajstić information content (AvgIpc) is 2.57. The normalized spacial score (nSPS) is 10.8. The number of carbonyl (C=O) groups is 1. The Labute approximate surface area is 148 Å². The second-order valence-electron chi connectivity index (χ2n) is 5.53. The number of unbranched alkanes of at least 4 members (excludes halogenated alkanes) is 1. The molecule has 126 valence electrons. The first kappa shape index (κ1) is 18.1. The molecule has 0 saturated carbocycles. The summed E-state index contributed by atoms with van der Waals surface area (Å²) in [5, 5.41) is 3.43.